The summed E-state index contributed by atoms with van der Waals surface area (Å²) in [5.41, 5.74) is 4.47. The largest absolute Gasteiger partial charge is 0.497 e. The van der Waals surface area contributed by atoms with E-state index in [-0.39, 0.29) is 17.8 Å². The van der Waals surface area contributed by atoms with Crippen molar-refractivity contribution in [3.05, 3.63) is 107 Å². The summed E-state index contributed by atoms with van der Waals surface area (Å²) in [6.45, 7) is 0.366. The smallest absolute Gasteiger partial charge is 0.251 e. The molecule has 0 radical (unpaired) electrons. The lowest BCUT2D eigenvalue weighted by molar-refractivity contribution is 0.0932. The monoisotopic (exact) mass is 494 g/mol. The highest BCUT2D eigenvalue weighted by Crippen LogP contribution is 2.38. The number of pyridine rings is 1. The molecule has 0 spiro atoms. The summed E-state index contributed by atoms with van der Waals surface area (Å²) in [5, 5.41) is 2.95. The highest BCUT2D eigenvalue weighted by Gasteiger charge is 2.26. The fourth-order valence-electron chi connectivity index (χ4n) is 4.44. The zero-order valence-corrected chi connectivity index (χ0v) is 20.6. The van der Waals surface area contributed by atoms with Crippen molar-refractivity contribution in [2.45, 2.75) is 12.5 Å². The van der Waals surface area contributed by atoms with Crippen LogP contribution >= 0.6 is 0 Å². The molecule has 0 fully saturated rings. The SMILES string of the molecule is COc1ccc(OC)c(C(=O)c2ccc(C(=O)NC[C@H]3Cc4cccc(-c5ccncc5)c4O3)cc2)c1. The van der Waals surface area contributed by atoms with Gasteiger partial charge in [-0.25, -0.2) is 0 Å². The number of carbonyl (C=O) groups is 2. The van der Waals surface area contributed by atoms with E-state index in [2.05, 4.69) is 16.4 Å². The third kappa shape index (κ3) is 5.02. The quantitative estimate of drug-likeness (QED) is 0.357. The molecule has 0 saturated carbocycles. The number of hydrogen-bond donors (Lipinski definition) is 1. The minimum Gasteiger partial charge on any atom is -0.497 e. The third-order valence-electron chi connectivity index (χ3n) is 6.37. The molecule has 2 heterocycles. The van der Waals surface area contributed by atoms with Gasteiger partial charge >= 0.3 is 0 Å². The molecule has 1 aliphatic heterocycles. The number of fused-ring (bicyclic) bond motifs is 1. The van der Waals surface area contributed by atoms with Crippen LogP contribution in [0, 0.1) is 0 Å². The maximum Gasteiger partial charge on any atom is 0.251 e. The Balaban J connectivity index is 1.23. The van der Waals surface area contributed by atoms with Crippen molar-refractivity contribution in [1.82, 2.24) is 10.3 Å². The highest BCUT2D eigenvalue weighted by molar-refractivity contribution is 6.11. The fourth-order valence-corrected chi connectivity index (χ4v) is 4.44. The van der Waals surface area contributed by atoms with Crippen LogP contribution in [0.25, 0.3) is 11.1 Å². The van der Waals surface area contributed by atoms with Gasteiger partial charge in [-0.3, -0.25) is 14.6 Å². The zero-order valence-electron chi connectivity index (χ0n) is 20.6. The maximum absolute atomic E-state index is 13.1. The molecular weight excluding hydrogens is 468 g/mol. The van der Waals surface area contributed by atoms with Crippen LogP contribution in [0.4, 0.5) is 0 Å². The second kappa shape index (κ2) is 10.5. The Kier molecular flexibility index (Phi) is 6.85. The number of amides is 1. The number of methoxy groups -OCH3 is 2. The van der Waals surface area contributed by atoms with Gasteiger partial charge in [-0.1, -0.05) is 30.3 Å². The molecule has 1 N–H and O–H groups in total. The van der Waals surface area contributed by atoms with Crippen molar-refractivity contribution in [2.24, 2.45) is 0 Å². The Morgan fingerprint density at radius 2 is 1.70 bits per heavy atom. The van der Waals surface area contributed by atoms with Crippen LogP contribution in [0.1, 0.15) is 31.8 Å². The predicted octanol–water partition coefficient (Wildman–Crippen LogP) is 4.73. The molecule has 7 nitrogen and oxygen atoms in total. The van der Waals surface area contributed by atoms with Crippen LogP contribution in [-0.2, 0) is 6.42 Å². The Morgan fingerprint density at radius 3 is 2.43 bits per heavy atom. The average molecular weight is 495 g/mol. The summed E-state index contributed by atoms with van der Waals surface area (Å²) < 4.78 is 16.8. The molecule has 7 heteroatoms. The summed E-state index contributed by atoms with van der Waals surface area (Å²) in [5.74, 6) is 1.42. The molecule has 1 atom stereocenters. The van der Waals surface area contributed by atoms with Crippen LogP contribution in [0.3, 0.4) is 0 Å². The summed E-state index contributed by atoms with van der Waals surface area (Å²) in [6, 6.07) is 21.6. The molecule has 186 valence electrons. The summed E-state index contributed by atoms with van der Waals surface area (Å²) in [7, 11) is 3.05. The van der Waals surface area contributed by atoms with Crippen molar-refractivity contribution >= 4 is 11.7 Å². The Labute approximate surface area is 215 Å². The van der Waals surface area contributed by atoms with E-state index in [1.807, 2.05) is 24.3 Å². The molecule has 37 heavy (non-hydrogen) atoms. The Hall–Kier alpha value is -4.65. The zero-order chi connectivity index (χ0) is 25.8. The van der Waals surface area contributed by atoms with Crippen LogP contribution in [0.5, 0.6) is 17.2 Å². The van der Waals surface area contributed by atoms with Gasteiger partial charge in [-0.2, -0.15) is 0 Å². The van der Waals surface area contributed by atoms with E-state index in [0.29, 0.717) is 41.2 Å². The summed E-state index contributed by atoms with van der Waals surface area (Å²) >= 11 is 0. The van der Waals surface area contributed by atoms with Gasteiger partial charge in [-0.05, 0) is 53.6 Å². The van der Waals surface area contributed by atoms with E-state index in [1.165, 1.54) is 7.11 Å². The van der Waals surface area contributed by atoms with Gasteiger partial charge in [0.25, 0.3) is 5.91 Å². The van der Waals surface area contributed by atoms with Gasteiger partial charge in [-0.15, -0.1) is 0 Å². The van der Waals surface area contributed by atoms with E-state index in [0.717, 1.165) is 22.4 Å². The van der Waals surface area contributed by atoms with Crippen LogP contribution in [0.2, 0.25) is 0 Å². The van der Waals surface area contributed by atoms with E-state index >= 15 is 0 Å². The maximum atomic E-state index is 13.1. The summed E-state index contributed by atoms with van der Waals surface area (Å²) in [4.78, 5) is 29.9. The van der Waals surface area contributed by atoms with Crippen molar-refractivity contribution in [3.63, 3.8) is 0 Å². The van der Waals surface area contributed by atoms with Gasteiger partial charge in [0.05, 0.1) is 26.3 Å². The molecule has 0 saturated heterocycles. The van der Waals surface area contributed by atoms with Gasteiger partial charge in [0.1, 0.15) is 23.4 Å². The van der Waals surface area contributed by atoms with Crippen molar-refractivity contribution in [1.29, 1.82) is 0 Å². The van der Waals surface area contributed by atoms with Gasteiger partial charge in [0.2, 0.25) is 0 Å². The number of hydrogen-bond acceptors (Lipinski definition) is 6. The first-order valence-electron chi connectivity index (χ1n) is 11.9. The molecule has 1 aromatic heterocycles. The number of ketones is 1. The lowest BCUT2D eigenvalue weighted by Crippen LogP contribution is -2.34. The molecule has 4 aromatic rings. The lowest BCUT2D eigenvalue weighted by atomic mass is 10.0. The predicted molar refractivity (Wildman–Crippen MR) is 140 cm³/mol. The number of aromatic nitrogens is 1. The van der Waals surface area contributed by atoms with E-state index < -0.39 is 0 Å². The lowest BCUT2D eigenvalue weighted by Gasteiger charge is -2.14. The minimum atomic E-state index is -0.230. The molecule has 0 unspecified atom stereocenters. The van der Waals surface area contributed by atoms with E-state index in [1.54, 1.807) is 62.0 Å². The molecule has 1 amide bonds. The molecule has 3 aromatic carbocycles. The molecule has 1 aliphatic rings. The van der Waals surface area contributed by atoms with E-state index in [9.17, 15) is 9.59 Å². The first-order valence-corrected chi connectivity index (χ1v) is 11.9. The van der Waals surface area contributed by atoms with Crippen LogP contribution in [-0.4, -0.2) is 43.5 Å². The highest BCUT2D eigenvalue weighted by atomic mass is 16.5. The average Bonchev–Trinajstić information content (AvgIpc) is 3.39. The van der Waals surface area contributed by atoms with Gasteiger partial charge < -0.3 is 19.5 Å². The number of benzene rings is 3. The topological polar surface area (TPSA) is 86.8 Å². The molecule has 0 aliphatic carbocycles. The molecular formula is C30H26N2O5. The number of carbonyl (C=O) groups excluding carboxylic acids is 2. The standard InChI is InChI=1S/C30H26N2O5/c1-35-23-10-11-27(36-2)26(17-23)28(33)20-6-8-21(9-7-20)30(34)32-18-24-16-22-4-3-5-25(29(22)37-24)19-12-14-31-15-13-19/h3-15,17,24H,16,18H2,1-2H3,(H,32,34)/t24-/m1/s1. The first-order chi connectivity index (χ1) is 18.1. The minimum absolute atomic E-state index is 0.164. The number of para-hydroxylation sites is 1. The van der Waals surface area contributed by atoms with Gasteiger partial charge in [0, 0.05) is 35.5 Å². The Bertz CT molecular complexity index is 1430. The third-order valence-corrected chi connectivity index (χ3v) is 6.37. The van der Waals surface area contributed by atoms with Crippen LogP contribution < -0.4 is 19.5 Å². The van der Waals surface area contributed by atoms with Crippen molar-refractivity contribution < 1.29 is 23.8 Å². The van der Waals surface area contributed by atoms with E-state index in [4.69, 9.17) is 14.2 Å². The van der Waals surface area contributed by atoms with Gasteiger partial charge in [0.15, 0.2) is 5.78 Å². The number of ether oxygens (including phenoxy) is 3. The molecule has 5 rings (SSSR count). The first kappa shape index (κ1) is 24.1. The normalized spacial score (nSPS) is 13.8. The number of nitrogens with zero attached hydrogens (tertiary/aromatic N) is 1. The van der Waals surface area contributed by atoms with Crippen LogP contribution in [0.15, 0.2) is 85.2 Å². The van der Waals surface area contributed by atoms with Crippen molar-refractivity contribution in [3.8, 4) is 28.4 Å². The number of nitrogens with one attached hydrogen (secondary N) is 1. The fraction of sp³-hybridized carbons (Fsp3) is 0.167. The molecule has 0 bridgehead atoms. The Morgan fingerprint density at radius 1 is 0.946 bits per heavy atom. The van der Waals surface area contributed by atoms with Crippen molar-refractivity contribution in [2.75, 3.05) is 20.8 Å². The second-order valence-electron chi connectivity index (χ2n) is 8.66. The second-order valence-corrected chi connectivity index (χ2v) is 8.66. The number of rotatable bonds is 8. The summed E-state index contributed by atoms with van der Waals surface area (Å²) in [6.07, 6.45) is 4.06.